The van der Waals surface area contributed by atoms with E-state index in [1.54, 1.807) is 36.5 Å². The van der Waals surface area contributed by atoms with Crippen molar-refractivity contribution in [2.45, 2.75) is 36.8 Å². The van der Waals surface area contributed by atoms with Gasteiger partial charge < -0.3 is 15.0 Å². The summed E-state index contributed by atoms with van der Waals surface area (Å²) in [6, 6.07) is 8.99. The Kier molecular flexibility index (Phi) is 5.52. The molecule has 1 atom stereocenters. The van der Waals surface area contributed by atoms with Crippen LogP contribution in [-0.2, 0) is 0 Å². The van der Waals surface area contributed by atoms with Crippen molar-refractivity contribution in [1.29, 1.82) is 0 Å². The number of hydrogen-bond acceptors (Lipinski definition) is 5. The van der Waals surface area contributed by atoms with Crippen LogP contribution in [0.4, 0.5) is 5.69 Å². The standard InChI is InChI=1S/C21H23N3O3S/c1-28-20-16(6-4-10-22-20)19(25)23-14-7-8-18-17(13-14)21(26)24-11-3-2-5-15(24)9-12-27-18/h4,6-8,10,13,15H,2-3,5,9,11-12H2,1H3,(H,23,25). The molecule has 0 spiro atoms. The summed E-state index contributed by atoms with van der Waals surface area (Å²) < 4.78 is 5.86. The number of carbonyl (C=O) groups excluding carboxylic acids is 2. The fourth-order valence-electron chi connectivity index (χ4n) is 3.85. The molecular weight excluding hydrogens is 374 g/mol. The number of ether oxygens (including phenoxy) is 1. The number of nitrogens with one attached hydrogen (secondary N) is 1. The molecule has 0 saturated carbocycles. The van der Waals surface area contributed by atoms with Crippen LogP contribution in [-0.4, -0.2) is 47.1 Å². The quantitative estimate of drug-likeness (QED) is 0.797. The van der Waals surface area contributed by atoms with E-state index in [0.717, 1.165) is 32.2 Å². The van der Waals surface area contributed by atoms with Crippen molar-refractivity contribution in [2.24, 2.45) is 0 Å². The van der Waals surface area contributed by atoms with E-state index in [1.807, 2.05) is 11.2 Å². The van der Waals surface area contributed by atoms with Crippen molar-refractivity contribution in [1.82, 2.24) is 9.88 Å². The summed E-state index contributed by atoms with van der Waals surface area (Å²) in [5.74, 6) is 0.326. The molecule has 1 fully saturated rings. The highest BCUT2D eigenvalue weighted by Crippen LogP contribution is 2.31. The molecule has 3 heterocycles. The molecule has 0 aliphatic carbocycles. The number of thioether (sulfide) groups is 1. The lowest BCUT2D eigenvalue weighted by Crippen LogP contribution is -2.45. The van der Waals surface area contributed by atoms with E-state index in [2.05, 4.69) is 10.3 Å². The van der Waals surface area contributed by atoms with Crippen LogP contribution in [0.1, 0.15) is 46.4 Å². The summed E-state index contributed by atoms with van der Waals surface area (Å²) in [5.41, 5.74) is 1.60. The average Bonchev–Trinajstić information content (AvgIpc) is 2.73. The molecule has 6 nitrogen and oxygen atoms in total. The van der Waals surface area contributed by atoms with Gasteiger partial charge in [0.2, 0.25) is 0 Å². The third kappa shape index (κ3) is 3.71. The molecule has 0 radical (unpaired) electrons. The van der Waals surface area contributed by atoms with E-state index < -0.39 is 0 Å². The number of rotatable bonds is 3. The molecule has 2 aromatic rings. The summed E-state index contributed by atoms with van der Waals surface area (Å²) in [5, 5.41) is 3.56. The number of anilines is 1. The largest absolute Gasteiger partial charge is 0.493 e. The lowest BCUT2D eigenvalue weighted by Gasteiger charge is -2.37. The molecule has 1 N–H and O–H groups in total. The third-order valence-corrected chi connectivity index (χ3v) is 5.99. The predicted octanol–water partition coefficient (Wildman–Crippen LogP) is 3.83. The molecule has 28 heavy (non-hydrogen) atoms. The Hall–Kier alpha value is -2.54. The van der Waals surface area contributed by atoms with Gasteiger partial charge in [-0.25, -0.2) is 4.98 Å². The fraction of sp³-hybridized carbons (Fsp3) is 0.381. The predicted molar refractivity (Wildman–Crippen MR) is 109 cm³/mol. The maximum Gasteiger partial charge on any atom is 0.258 e. The van der Waals surface area contributed by atoms with Gasteiger partial charge in [0.15, 0.2) is 0 Å². The highest BCUT2D eigenvalue weighted by Gasteiger charge is 2.31. The Morgan fingerprint density at radius 2 is 2.18 bits per heavy atom. The number of benzene rings is 1. The SMILES string of the molecule is CSc1ncccc1C(=O)Nc1ccc2c(c1)C(=O)N1CCCCC1CCO2. The highest BCUT2D eigenvalue weighted by atomic mass is 32.2. The minimum Gasteiger partial charge on any atom is -0.493 e. The zero-order chi connectivity index (χ0) is 19.5. The molecule has 2 aliphatic rings. The fourth-order valence-corrected chi connectivity index (χ4v) is 4.40. The van der Waals surface area contributed by atoms with Crippen molar-refractivity contribution in [3.63, 3.8) is 0 Å². The molecule has 1 saturated heterocycles. The molecular formula is C21H23N3O3S. The zero-order valence-corrected chi connectivity index (χ0v) is 16.6. The first-order valence-corrected chi connectivity index (χ1v) is 10.8. The maximum absolute atomic E-state index is 13.2. The second-order valence-electron chi connectivity index (χ2n) is 7.01. The van der Waals surface area contributed by atoms with E-state index in [0.29, 0.717) is 34.2 Å². The number of pyridine rings is 1. The molecule has 1 aromatic heterocycles. The van der Waals surface area contributed by atoms with Crippen LogP contribution in [0.5, 0.6) is 5.75 Å². The Morgan fingerprint density at radius 3 is 3.04 bits per heavy atom. The first-order valence-electron chi connectivity index (χ1n) is 9.55. The lowest BCUT2D eigenvalue weighted by molar-refractivity contribution is 0.0548. The van der Waals surface area contributed by atoms with E-state index >= 15 is 0 Å². The Bertz CT molecular complexity index is 902. The topological polar surface area (TPSA) is 71.5 Å². The number of aromatic nitrogens is 1. The summed E-state index contributed by atoms with van der Waals surface area (Å²) in [4.78, 5) is 32.1. The van der Waals surface area contributed by atoms with Gasteiger partial charge in [0.05, 0.1) is 17.7 Å². The van der Waals surface area contributed by atoms with Gasteiger partial charge in [-0.2, -0.15) is 0 Å². The average molecular weight is 398 g/mol. The molecule has 146 valence electrons. The summed E-state index contributed by atoms with van der Waals surface area (Å²) in [6.45, 7) is 1.38. The molecule has 7 heteroatoms. The normalized spacial score (nSPS) is 19.0. The van der Waals surface area contributed by atoms with Gasteiger partial charge in [-0.15, -0.1) is 11.8 Å². The van der Waals surface area contributed by atoms with Gasteiger partial charge in [-0.3, -0.25) is 9.59 Å². The molecule has 4 rings (SSSR count). The first kappa shape index (κ1) is 18.8. The van der Waals surface area contributed by atoms with Gasteiger partial charge in [-0.1, -0.05) is 0 Å². The van der Waals surface area contributed by atoms with Crippen molar-refractivity contribution >= 4 is 29.3 Å². The van der Waals surface area contributed by atoms with Crippen molar-refractivity contribution in [3.8, 4) is 5.75 Å². The third-order valence-electron chi connectivity index (χ3n) is 5.27. The van der Waals surface area contributed by atoms with E-state index in [4.69, 9.17) is 4.74 Å². The van der Waals surface area contributed by atoms with E-state index in [9.17, 15) is 9.59 Å². The lowest BCUT2D eigenvalue weighted by atomic mass is 9.97. The number of hydrogen-bond donors (Lipinski definition) is 1. The first-order chi connectivity index (χ1) is 13.7. The van der Waals surface area contributed by atoms with Gasteiger partial charge in [0.1, 0.15) is 10.8 Å². The summed E-state index contributed by atoms with van der Waals surface area (Å²) in [7, 11) is 0. The van der Waals surface area contributed by atoms with Crippen LogP contribution < -0.4 is 10.1 Å². The summed E-state index contributed by atoms with van der Waals surface area (Å²) >= 11 is 1.42. The molecule has 0 bridgehead atoms. The minimum atomic E-state index is -0.243. The zero-order valence-electron chi connectivity index (χ0n) is 15.8. The molecule has 2 amide bonds. The van der Waals surface area contributed by atoms with Gasteiger partial charge in [0, 0.05) is 30.9 Å². The van der Waals surface area contributed by atoms with Crippen LogP contribution >= 0.6 is 11.8 Å². The number of nitrogens with zero attached hydrogens (tertiary/aromatic N) is 2. The van der Waals surface area contributed by atoms with Crippen molar-refractivity contribution in [2.75, 3.05) is 24.7 Å². The van der Waals surface area contributed by atoms with Crippen LogP contribution in [0.25, 0.3) is 0 Å². The van der Waals surface area contributed by atoms with Crippen LogP contribution in [0.2, 0.25) is 0 Å². The monoisotopic (exact) mass is 397 g/mol. The minimum absolute atomic E-state index is 0.0123. The highest BCUT2D eigenvalue weighted by molar-refractivity contribution is 7.98. The Labute approximate surface area is 168 Å². The smallest absolute Gasteiger partial charge is 0.258 e. The second-order valence-corrected chi connectivity index (χ2v) is 7.81. The van der Waals surface area contributed by atoms with Crippen LogP contribution in [0.15, 0.2) is 41.6 Å². The van der Waals surface area contributed by atoms with Crippen LogP contribution in [0.3, 0.4) is 0 Å². The number of amides is 2. The van der Waals surface area contributed by atoms with Crippen molar-refractivity contribution in [3.05, 3.63) is 47.7 Å². The van der Waals surface area contributed by atoms with Crippen LogP contribution in [0, 0.1) is 0 Å². The molecule has 2 aliphatic heterocycles. The van der Waals surface area contributed by atoms with Gasteiger partial charge in [-0.05, 0) is 55.9 Å². The summed E-state index contributed by atoms with van der Waals surface area (Å²) in [6.07, 6.45) is 7.63. The number of fused-ring (bicyclic) bond motifs is 2. The molecule has 1 unspecified atom stereocenters. The number of piperidine rings is 1. The number of carbonyl (C=O) groups is 2. The maximum atomic E-state index is 13.2. The van der Waals surface area contributed by atoms with Gasteiger partial charge in [0.25, 0.3) is 11.8 Å². The van der Waals surface area contributed by atoms with E-state index in [-0.39, 0.29) is 17.9 Å². The van der Waals surface area contributed by atoms with E-state index in [1.165, 1.54) is 11.8 Å². The Morgan fingerprint density at radius 1 is 1.29 bits per heavy atom. The molecule has 1 aromatic carbocycles. The van der Waals surface area contributed by atoms with Crippen molar-refractivity contribution < 1.29 is 14.3 Å². The second kappa shape index (κ2) is 8.22. The Balaban J connectivity index is 1.61. The van der Waals surface area contributed by atoms with Gasteiger partial charge >= 0.3 is 0 Å².